The fourth-order valence-corrected chi connectivity index (χ4v) is 3.22. The third-order valence-electron chi connectivity index (χ3n) is 3.66. The van der Waals surface area contributed by atoms with Crippen LogP contribution in [0.5, 0.6) is 0 Å². The quantitative estimate of drug-likeness (QED) is 0.731. The van der Waals surface area contributed by atoms with Crippen molar-refractivity contribution < 1.29 is 4.79 Å². The number of nitrogens with zero attached hydrogens (tertiary/aromatic N) is 2. The van der Waals surface area contributed by atoms with Crippen LogP contribution in [0, 0.1) is 6.92 Å². The molecule has 3 rings (SSSR count). The van der Waals surface area contributed by atoms with Crippen molar-refractivity contribution in [3.8, 4) is 0 Å². The molecule has 0 aliphatic rings. The monoisotopic (exact) mass is 325 g/mol. The average molecular weight is 325 g/mol. The Labute approximate surface area is 139 Å². The van der Waals surface area contributed by atoms with Crippen molar-refractivity contribution in [3.63, 3.8) is 0 Å². The predicted molar refractivity (Wildman–Crippen MR) is 93.5 cm³/mol. The van der Waals surface area contributed by atoms with E-state index in [9.17, 15) is 4.79 Å². The van der Waals surface area contributed by atoms with Crippen molar-refractivity contribution in [1.82, 2.24) is 14.9 Å². The number of carbonyl (C=O) groups excluding carboxylic acids is 1. The van der Waals surface area contributed by atoms with Gasteiger partial charge in [0.25, 0.3) is 0 Å². The van der Waals surface area contributed by atoms with Gasteiger partial charge in [0, 0.05) is 23.2 Å². The lowest BCUT2D eigenvalue weighted by Crippen LogP contribution is -2.30. The molecule has 2 heterocycles. The lowest BCUT2D eigenvalue weighted by molar-refractivity contribution is -0.120. The third kappa shape index (κ3) is 3.74. The van der Waals surface area contributed by atoms with Crippen LogP contribution in [0.15, 0.2) is 59.8 Å². The van der Waals surface area contributed by atoms with E-state index in [1.807, 2.05) is 35.8 Å². The van der Waals surface area contributed by atoms with Gasteiger partial charge in [0.15, 0.2) is 0 Å². The lowest BCUT2D eigenvalue weighted by atomic mass is 10.2. The van der Waals surface area contributed by atoms with E-state index in [1.165, 1.54) is 5.56 Å². The molecule has 0 fully saturated rings. The number of amides is 1. The van der Waals surface area contributed by atoms with Crippen LogP contribution in [0.2, 0.25) is 0 Å². The average Bonchev–Trinajstić information content (AvgIpc) is 2.98. The number of benzene rings is 1. The SMILES string of the molecule is Cc1ccc(SC(C)C(=O)NCc2cnn3ccccc23)cc1. The van der Waals surface area contributed by atoms with Gasteiger partial charge in [0.2, 0.25) is 5.91 Å². The minimum absolute atomic E-state index is 0.0332. The first kappa shape index (κ1) is 15.6. The van der Waals surface area contributed by atoms with Gasteiger partial charge in [-0.3, -0.25) is 4.79 Å². The van der Waals surface area contributed by atoms with Gasteiger partial charge in [-0.15, -0.1) is 11.8 Å². The molecule has 4 nitrogen and oxygen atoms in total. The van der Waals surface area contributed by atoms with Gasteiger partial charge < -0.3 is 5.32 Å². The zero-order chi connectivity index (χ0) is 16.2. The molecule has 1 amide bonds. The van der Waals surface area contributed by atoms with Gasteiger partial charge in [-0.1, -0.05) is 23.8 Å². The minimum atomic E-state index is -0.139. The van der Waals surface area contributed by atoms with Crippen LogP contribution in [-0.4, -0.2) is 20.8 Å². The van der Waals surface area contributed by atoms with E-state index in [4.69, 9.17) is 0 Å². The predicted octanol–water partition coefficient (Wildman–Crippen LogP) is 3.44. The van der Waals surface area contributed by atoms with Gasteiger partial charge in [-0.2, -0.15) is 5.10 Å². The number of pyridine rings is 1. The summed E-state index contributed by atoms with van der Waals surface area (Å²) < 4.78 is 1.81. The molecular weight excluding hydrogens is 306 g/mol. The molecular formula is C18H19N3OS. The van der Waals surface area contributed by atoms with Crippen molar-refractivity contribution in [3.05, 3.63) is 66.0 Å². The number of carbonyl (C=O) groups is 1. The molecule has 5 heteroatoms. The van der Waals surface area contributed by atoms with Gasteiger partial charge >= 0.3 is 0 Å². The fourth-order valence-electron chi connectivity index (χ4n) is 2.32. The molecule has 2 aromatic heterocycles. The second kappa shape index (κ2) is 6.87. The molecule has 23 heavy (non-hydrogen) atoms. The summed E-state index contributed by atoms with van der Waals surface area (Å²) in [4.78, 5) is 13.4. The Bertz CT molecular complexity index is 811. The van der Waals surface area contributed by atoms with E-state index >= 15 is 0 Å². The van der Waals surface area contributed by atoms with Crippen LogP contribution in [0.4, 0.5) is 0 Å². The Morgan fingerprint density at radius 2 is 2.04 bits per heavy atom. The highest BCUT2D eigenvalue weighted by atomic mass is 32.2. The van der Waals surface area contributed by atoms with Gasteiger partial charge in [-0.05, 0) is 38.1 Å². The van der Waals surface area contributed by atoms with Crippen LogP contribution in [0.25, 0.3) is 5.52 Å². The van der Waals surface area contributed by atoms with Crippen molar-refractivity contribution >= 4 is 23.2 Å². The molecule has 1 atom stereocenters. The maximum Gasteiger partial charge on any atom is 0.233 e. The Kier molecular flexibility index (Phi) is 4.67. The third-order valence-corrected chi connectivity index (χ3v) is 4.77. The molecule has 0 saturated carbocycles. The molecule has 0 aliphatic heterocycles. The Balaban J connectivity index is 1.59. The van der Waals surface area contributed by atoms with Crippen LogP contribution in [0.3, 0.4) is 0 Å². The number of hydrogen-bond donors (Lipinski definition) is 1. The van der Waals surface area contributed by atoms with E-state index < -0.39 is 0 Å². The van der Waals surface area contributed by atoms with Gasteiger partial charge in [0.05, 0.1) is 17.0 Å². The van der Waals surface area contributed by atoms with E-state index in [0.717, 1.165) is 16.0 Å². The van der Waals surface area contributed by atoms with Gasteiger partial charge in [-0.25, -0.2) is 4.52 Å². The second-order valence-corrected chi connectivity index (χ2v) is 6.91. The molecule has 0 aliphatic carbocycles. The van der Waals surface area contributed by atoms with E-state index in [0.29, 0.717) is 6.54 Å². The van der Waals surface area contributed by atoms with Crippen molar-refractivity contribution in [2.75, 3.05) is 0 Å². The molecule has 1 unspecified atom stereocenters. The number of aromatic nitrogens is 2. The Morgan fingerprint density at radius 1 is 1.26 bits per heavy atom. The molecule has 3 aromatic rings. The molecule has 0 saturated heterocycles. The van der Waals surface area contributed by atoms with Crippen molar-refractivity contribution in [2.24, 2.45) is 0 Å². The highest BCUT2D eigenvalue weighted by molar-refractivity contribution is 8.00. The summed E-state index contributed by atoms with van der Waals surface area (Å²) >= 11 is 1.57. The molecule has 0 radical (unpaired) electrons. The molecule has 1 aromatic carbocycles. The highest BCUT2D eigenvalue weighted by Gasteiger charge is 2.14. The minimum Gasteiger partial charge on any atom is -0.351 e. The number of hydrogen-bond acceptors (Lipinski definition) is 3. The Morgan fingerprint density at radius 3 is 2.83 bits per heavy atom. The van der Waals surface area contributed by atoms with Crippen molar-refractivity contribution in [2.45, 2.75) is 30.5 Å². The summed E-state index contributed by atoms with van der Waals surface area (Å²) in [5.41, 5.74) is 3.26. The normalized spacial score (nSPS) is 12.3. The Hall–Kier alpha value is -2.27. The molecule has 1 N–H and O–H groups in total. The first-order chi connectivity index (χ1) is 11.1. The van der Waals surface area contributed by atoms with Gasteiger partial charge in [0.1, 0.15) is 0 Å². The maximum absolute atomic E-state index is 12.3. The zero-order valence-electron chi connectivity index (χ0n) is 13.2. The fraction of sp³-hybridized carbons (Fsp3) is 0.222. The highest BCUT2D eigenvalue weighted by Crippen LogP contribution is 2.23. The summed E-state index contributed by atoms with van der Waals surface area (Å²) in [7, 11) is 0. The maximum atomic E-state index is 12.3. The number of rotatable bonds is 5. The summed E-state index contributed by atoms with van der Waals surface area (Å²) in [5, 5.41) is 7.13. The first-order valence-electron chi connectivity index (χ1n) is 7.56. The number of aryl methyl sites for hydroxylation is 1. The van der Waals surface area contributed by atoms with Crippen LogP contribution in [0.1, 0.15) is 18.1 Å². The van der Waals surface area contributed by atoms with Crippen LogP contribution in [-0.2, 0) is 11.3 Å². The summed E-state index contributed by atoms with van der Waals surface area (Å²) in [5.74, 6) is 0.0332. The number of fused-ring (bicyclic) bond motifs is 1. The zero-order valence-corrected chi connectivity index (χ0v) is 14.0. The van der Waals surface area contributed by atoms with Crippen LogP contribution >= 0.6 is 11.8 Å². The molecule has 0 bridgehead atoms. The summed E-state index contributed by atoms with van der Waals surface area (Å²) in [6.07, 6.45) is 3.70. The van der Waals surface area contributed by atoms with E-state index in [1.54, 1.807) is 18.0 Å². The summed E-state index contributed by atoms with van der Waals surface area (Å²) in [6.45, 7) is 4.47. The smallest absolute Gasteiger partial charge is 0.233 e. The molecule has 118 valence electrons. The van der Waals surface area contributed by atoms with Crippen LogP contribution < -0.4 is 5.32 Å². The first-order valence-corrected chi connectivity index (χ1v) is 8.44. The van der Waals surface area contributed by atoms with E-state index in [-0.39, 0.29) is 11.2 Å². The number of nitrogens with one attached hydrogen (secondary N) is 1. The lowest BCUT2D eigenvalue weighted by Gasteiger charge is -2.12. The largest absolute Gasteiger partial charge is 0.351 e. The topological polar surface area (TPSA) is 46.4 Å². The summed E-state index contributed by atoms with van der Waals surface area (Å²) in [6, 6.07) is 14.1. The second-order valence-electron chi connectivity index (χ2n) is 5.49. The molecule has 0 spiro atoms. The van der Waals surface area contributed by atoms with Crippen molar-refractivity contribution in [1.29, 1.82) is 0 Å². The number of thioether (sulfide) groups is 1. The van der Waals surface area contributed by atoms with E-state index in [2.05, 4.69) is 41.6 Å². The standard InChI is InChI=1S/C18H19N3OS/c1-13-6-8-16(9-7-13)23-14(2)18(22)19-11-15-12-20-21-10-4-3-5-17(15)21/h3-10,12,14H,11H2,1-2H3,(H,19,22).